The van der Waals surface area contributed by atoms with Gasteiger partial charge in [-0.25, -0.2) is 4.98 Å². The second-order valence-corrected chi connectivity index (χ2v) is 6.50. The highest BCUT2D eigenvalue weighted by molar-refractivity contribution is 7.09. The first-order valence-electron chi connectivity index (χ1n) is 6.35. The number of likely N-dealkylation sites (N-methyl/N-ethyl adjacent to an activating group) is 1. The van der Waals surface area contributed by atoms with Gasteiger partial charge in [0.05, 0.1) is 11.2 Å². The van der Waals surface area contributed by atoms with Crippen LogP contribution in [0.1, 0.15) is 36.8 Å². The first kappa shape index (κ1) is 13.0. The Balaban J connectivity index is 2.01. The lowest BCUT2D eigenvalue weighted by Gasteiger charge is -2.38. The Morgan fingerprint density at radius 2 is 2.29 bits per heavy atom. The molecule has 1 aromatic heterocycles. The molecule has 17 heavy (non-hydrogen) atoms. The summed E-state index contributed by atoms with van der Waals surface area (Å²) in [4.78, 5) is 8.08. The Kier molecular flexibility index (Phi) is 3.85. The Morgan fingerprint density at radius 3 is 2.76 bits per heavy atom. The number of hydrogen-bond donors (Lipinski definition) is 1. The van der Waals surface area contributed by atoms with Gasteiger partial charge < -0.3 is 5.73 Å². The summed E-state index contributed by atoms with van der Waals surface area (Å²) in [7, 11) is 2.19. The molecule has 2 rings (SSSR count). The number of aryl methyl sites for hydroxylation is 1. The van der Waals surface area contributed by atoms with Gasteiger partial charge in [-0.3, -0.25) is 4.90 Å². The third-order valence-electron chi connectivity index (χ3n) is 4.01. The summed E-state index contributed by atoms with van der Waals surface area (Å²) < 4.78 is 0. The van der Waals surface area contributed by atoms with E-state index in [0.717, 1.165) is 24.7 Å². The molecule has 1 aliphatic rings. The summed E-state index contributed by atoms with van der Waals surface area (Å²) >= 11 is 1.75. The van der Waals surface area contributed by atoms with Crippen LogP contribution in [0.25, 0.3) is 0 Å². The molecular formula is C13H23N3S. The van der Waals surface area contributed by atoms with Crippen molar-refractivity contribution >= 4 is 11.3 Å². The van der Waals surface area contributed by atoms with Crippen LogP contribution in [0.3, 0.4) is 0 Å². The third kappa shape index (κ3) is 3.06. The maximum atomic E-state index is 6.00. The van der Waals surface area contributed by atoms with Crippen molar-refractivity contribution in [2.24, 2.45) is 11.7 Å². The van der Waals surface area contributed by atoms with Crippen LogP contribution in [0.15, 0.2) is 5.51 Å². The van der Waals surface area contributed by atoms with Gasteiger partial charge in [0.25, 0.3) is 0 Å². The lowest BCUT2D eigenvalue weighted by Crippen LogP contribution is -2.49. The SMILES string of the molecule is Cc1ncsc1CN(C)C(C)(CN)CC1CC1. The predicted molar refractivity (Wildman–Crippen MR) is 73.1 cm³/mol. The summed E-state index contributed by atoms with van der Waals surface area (Å²) in [6.45, 7) is 6.08. The first-order valence-corrected chi connectivity index (χ1v) is 7.23. The van der Waals surface area contributed by atoms with Crippen molar-refractivity contribution in [3.63, 3.8) is 0 Å². The maximum absolute atomic E-state index is 6.00. The molecule has 96 valence electrons. The number of thiazole rings is 1. The van der Waals surface area contributed by atoms with Gasteiger partial charge in [-0.2, -0.15) is 0 Å². The zero-order chi connectivity index (χ0) is 12.5. The van der Waals surface area contributed by atoms with Crippen molar-refractivity contribution < 1.29 is 0 Å². The number of rotatable bonds is 6. The Hall–Kier alpha value is -0.450. The van der Waals surface area contributed by atoms with Crippen molar-refractivity contribution in [1.29, 1.82) is 0 Å². The molecule has 0 amide bonds. The second-order valence-electron chi connectivity index (χ2n) is 5.57. The summed E-state index contributed by atoms with van der Waals surface area (Å²) in [5, 5.41) is 0. The average Bonchev–Trinajstić information content (AvgIpc) is 3.02. The van der Waals surface area contributed by atoms with E-state index in [4.69, 9.17) is 5.73 Å². The van der Waals surface area contributed by atoms with Crippen LogP contribution in [0.4, 0.5) is 0 Å². The fraction of sp³-hybridized carbons (Fsp3) is 0.769. The highest BCUT2D eigenvalue weighted by Crippen LogP contribution is 2.38. The van der Waals surface area contributed by atoms with Crippen LogP contribution in [0, 0.1) is 12.8 Å². The minimum Gasteiger partial charge on any atom is -0.329 e. The molecule has 1 atom stereocenters. The van der Waals surface area contributed by atoms with Crippen LogP contribution in [0.5, 0.6) is 0 Å². The van der Waals surface area contributed by atoms with E-state index in [9.17, 15) is 0 Å². The molecule has 0 saturated heterocycles. The summed E-state index contributed by atoms with van der Waals surface area (Å²) in [6, 6.07) is 0. The lowest BCUT2D eigenvalue weighted by atomic mass is 9.93. The van der Waals surface area contributed by atoms with Gasteiger partial charge in [-0.1, -0.05) is 12.8 Å². The van der Waals surface area contributed by atoms with Gasteiger partial charge in [-0.05, 0) is 33.2 Å². The van der Waals surface area contributed by atoms with Crippen molar-refractivity contribution in [3.8, 4) is 0 Å². The van der Waals surface area contributed by atoms with Gasteiger partial charge in [-0.15, -0.1) is 11.3 Å². The molecule has 2 N–H and O–H groups in total. The van der Waals surface area contributed by atoms with Crippen molar-refractivity contribution in [2.45, 2.75) is 45.2 Å². The van der Waals surface area contributed by atoms with E-state index in [1.54, 1.807) is 11.3 Å². The van der Waals surface area contributed by atoms with Gasteiger partial charge in [0, 0.05) is 23.5 Å². The standard InChI is InChI=1S/C13H23N3S/c1-10-12(17-9-15-10)7-16(3)13(2,8-14)6-11-4-5-11/h9,11H,4-8,14H2,1-3H3. The molecule has 1 aromatic rings. The molecule has 0 spiro atoms. The lowest BCUT2D eigenvalue weighted by molar-refractivity contribution is 0.120. The molecule has 0 radical (unpaired) electrons. The minimum atomic E-state index is 0.137. The quantitative estimate of drug-likeness (QED) is 0.846. The molecule has 1 aliphatic carbocycles. The molecule has 1 fully saturated rings. The molecular weight excluding hydrogens is 230 g/mol. The predicted octanol–water partition coefficient (Wildman–Crippen LogP) is 2.40. The zero-order valence-electron chi connectivity index (χ0n) is 11.1. The molecule has 0 aliphatic heterocycles. The molecule has 3 nitrogen and oxygen atoms in total. The van der Waals surface area contributed by atoms with E-state index in [2.05, 4.69) is 30.8 Å². The average molecular weight is 253 g/mol. The normalized spacial score (nSPS) is 19.6. The first-order chi connectivity index (χ1) is 8.05. The molecule has 1 heterocycles. The zero-order valence-corrected chi connectivity index (χ0v) is 11.9. The van der Waals surface area contributed by atoms with Gasteiger partial charge in [0.2, 0.25) is 0 Å². The fourth-order valence-electron chi connectivity index (χ4n) is 2.22. The van der Waals surface area contributed by atoms with E-state index in [1.807, 2.05) is 5.51 Å². The van der Waals surface area contributed by atoms with Crippen molar-refractivity contribution in [2.75, 3.05) is 13.6 Å². The van der Waals surface area contributed by atoms with Crippen molar-refractivity contribution in [1.82, 2.24) is 9.88 Å². The molecule has 1 unspecified atom stereocenters. The van der Waals surface area contributed by atoms with E-state index < -0.39 is 0 Å². The van der Waals surface area contributed by atoms with Crippen LogP contribution in [-0.4, -0.2) is 29.0 Å². The van der Waals surface area contributed by atoms with Crippen LogP contribution in [-0.2, 0) is 6.54 Å². The number of hydrogen-bond acceptors (Lipinski definition) is 4. The number of nitrogens with two attached hydrogens (primary N) is 1. The van der Waals surface area contributed by atoms with E-state index in [1.165, 1.54) is 24.1 Å². The third-order valence-corrected chi connectivity index (χ3v) is 4.93. The second kappa shape index (κ2) is 5.04. The summed E-state index contributed by atoms with van der Waals surface area (Å²) in [5.74, 6) is 0.911. The Labute approximate surface area is 108 Å². The number of nitrogens with zero attached hydrogens (tertiary/aromatic N) is 2. The summed E-state index contributed by atoms with van der Waals surface area (Å²) in [5.41, 5.74) is 9.22. The largest absolute Gasteiger partial charge is 0.329 e. The highest BCUT2D eigenvalue weighted by Gasteiger charge is 2.35. The minimum absolute atomic E-state index is 0.137. The van der Waals surface area contributed by atoms with Gasteiger partial charge in [0.15, 0.2) is 0 Å². The summed E-state index contributed by atoms with van der Waals surface area (Å²) in [6.07, 6.45) is 4.02. The van der Waals surface area contributed by atoms with E-state index in [-0.39, 0.29) is 5.54 Å². The van der Waals surface area contributed by atoms with Gasteiger partial charge >= 0.3 is 0 Å². The van der Waals surface area contributed by atoms with E-state index in [0.29, 0.717) is 0 Å². The fourth-order valence-corrected chi connectivity index (χ4v) is 3.05. The molecule has 1 saturated carbocycles. The monoisotopic (exact) mass is 253 g/mol. The Morgan fingerprint density at radius 1 is 1.59 bits per heavy atom. The topological polar surface area (TPSA) is 42.2 Å². The molecule has 0 aromatic carbocycles. The van der Waals surface area contributed by atoms with Gasteiger partial charge in [0.1, 0.15) is 0 Å². The van der Waals surface area contributed by atoms with Crippen LogP contribution in [0.2, 0.25) is 0 Å². The van der Waals surface area contributed by atoms with Crippen LogP contribution >= 0.6 is 11.3 Å². The van der Waals surface area contributed by atoms with E-state index >= 15 is 0 Å². The number of aromatic nitrogens is 1. The Bertz CT molecular complexity index is 372. The smallest absolute Gasteiger partial charge is 0.0798 e. The van der Waals surface area contributed by atoms with Crippen molar-refractivity contribution in [3.05, 3.63) is 16.1 Å². The molecule has 0 bridgehead atoms. The molecule has 4 heteroatoms. The maximum Gasteiger partial charge on any atom is 0.0798 e. The van der Waals surface area contributed by atoms with Crippen LogP contribution < -0.4 is 5.73 Å². The highest BCUT2D eigenvalue weighted by atomic mass is 32.1.